The van der Waals surface area contributed by atoms with Crippen LogP contribution in [0.25, 0.3) is 0 Å². The highest BCUT2D eigenvalue weighted by Crippen LogP contribution is 2.23. The maximum absolute atomic E-state index is 11.8. The molecule has 6 nitrogen and oxygen atoms in total. The second-order valence-electron chi connectivity index (χ2n) is 5.71. The minimum Gasteiger partial charge on any atom is -0.356 e. The molecule has 0 aromatic heterocycles. The molecule has 0 saturated carbocycles. The topological polar surface area (TPSA) is 115 Å². The molecule has 0 rings (SSSR count). The Kier molecular flexibility index (Phi) is 6.80. The highest BCUT2D eigenvalue weighted by atomic mass is 32.2. The Hall–Kier alpha value is -0.660. The summed E-state index contributed by atoms with van der Waals surface area (Å²) in [7, 11) is -3.45. The molecule has 0 aromatic carbocycles. The number of hydrogen-bond acceptors (Lipinski definition) is 4. The van der Waals surface area contributed by atoms with Crippen LogP contribution in [-0.2, 0) is 14.8 Å². The second-order valence-corrected chi connectivity index (χ2v) is 7.44. The number of nitrogens with one attached hydrogen (secondary N) is 1. The van der Waals surface area contributed by atoms with E-state index in [1.165, 1.54) is 0 Å². The fraction of sp³-hybridized carbons (Fsp3) is 0.909. The highest BCUT2D eigenvalue weighted by Gasteiger charge is 2.23. The summed E-state index contributed by atoms with van der Waals surface area (Å²) in [4.78, 5) is 11.8. The molecular formula is C11H25N3O3S. The SMILES string of the molecule is CC(C)(C)CC(CN)C(=O)NCCCS(N)(=O)=O. The van der Waals surface area contributed by atoms with Gasteiger partial charge in [-0.3, -0.25) is 4.79 Å². The van der Waals surface area contributed by atoms with Crippen LogP contribution in [0.15, 0.2) is 0 Å². The number of carbonyl (C=O) groups is 1. The lowest BCUT2D eigenvalue weighted by molar-refractivity contribution is -0.125. The first-order valence-corrected chi connectivity index (χ1v) is 7.75. The van der Waals surface area contributed by atoms with Crippen LogP contribution in [0.4, 0.5) is 0 Å². The van der Waals surface area contributed by atoms with Crippen LogP contribution in [0.5, 0.6) is 0 Å². The Morgan fingerprint density at radius 3 is 2.28 bits per heavy atom. The van der Waals surface area contributed by atoms with Crippen LogP contribution in [0, 0.1) is 11.3 Å². The molecule has 7 heteroatoms. The number of nitrogens with two attached hydrogens (primary N) is 2. The third kappa shape index (κ3) is 9.38. The average molecular weight is 279 g/mol. The predicted octanol–water partition coefficient (Wildman–Crippen LogP) is -0.208. The fourth-order valence-electron chi connectivity index (χ4n) is 1.65. The second kappa shape index (κ2) is 7.06. The molecular weight excluding hydrogens is 254 g/mol. The van der Waals surface area contributed by atoms with E-state index in [9.17, 15) is 13.2 Å². The number of amides is 1. The molecule has 1 amide bonds. The zero-order valence-corrected chi connectivity index (χ0v) is 12.2. The molecule has 0 aliphatic carbocycles. The Balaban J connectivity index is 4.06. The van der Waals surface area contributed by atoms with Crippen molar-refractivity contribution in [3.05, 3.63) is 0 Å². The van der Waals surface area contributed by atoms with Gasteiger partial charge in [-0.25, -0.2) is 13.6 Å². The van der Waals surface area contributed by atoms with Gasteiger partial charge in [0, 0.05) is 13.1 Å². The summed E-state index contributed by atoms with van der Waals surface area (Å²) < 4.78 is 21.4. The van der Waals surface area contributed by atoms with Gasteiger partial charge in [0.05, 0.1) is 11.7 Å². The summed E-state index contributed by atoms with van der Waals surface area (Å²) >= 11 is 0. The number of rotatable bonds is 7. The normalized spacial score (nSPS) is 14.3. The predicted molar refractivity (Wildman–Crippen MR) is 72.2 cm³/mol. The quantitative estimate of drug-likeness (QED) is 0.559. The molecule has 0 spiro atoms. The van der Waals surface area contributed by atoms with Crippen LogP contribution in [0.1, 0.15) is 33.6 Å². The van der Waals surface area contributed by atoms with Gasteiger partial charge in [-0.1, -0.05) is 20.8 Å². The van der Waals surface area contributed by atoms with E-state index in [0.717, 1.165) is 0 Å². The van der Waals surface area contributed by atoms with E-state index in [0.29, 0.717) is 19.4 Å². The van der Waals surface area contributed by atoms with Gasteiger partial charge in [0.2, 0.25) is 15.9 Å². The number of hydrogen-bond donors (Lipinski definition) is 3. The Labute approximate surface area is 110 Å². The molecule has 0 heterocycles. The van der Waals surface area contributed by atoms with Crippen molar-refractivity contribution in [3.63, 3.8) is 0 Å². The highest BCUT2D eigenvalue weighted by molar-refractivity contribution is 7.89. The minimum absolute atomic E-state index is 0.0297. The zero-order valence-electron chi connectivity index (χ0n) is 11.4. The summed E-state index contributed by atoms with van der Waals surface area (Å²) in [5.41, 5.74) is 5.61. The molecule has 5 N–H and O–H groups in total. The van der Waals surface area contributed by atoms with E-state index in [2.05, 4.69) is 5.32 Å². The molecule has 0 aliphatic heterocycles. The number of sulfonamides is 1. The fourth-order valence-corrected chi connectivity index (χ4v) is 2.20. The summed E-state index contributed by atoms with van der Waals surface area (Å²) in [6, 6.07) is 0. The number of carbonyl (C=O) groups excluding carboxylic acids is 1. The molecule has 0 radical (unpaired) electrons. The summed E-state index contributed by atoms with van der Waals surface area (Å²) in [5.74, 6) is -0.485. The first-order valence-electron chi connectivity index (χ1n) is 6.03. The van der Waals surface area contributed by atoms with Crippen molar-refractivity contribution in [2.24, 2.45) is 22.2 Å². The molecule has 0 aromatic rings. The van der Waals surface area contributed by atoms with E-state index in [1.807, 2.05) is 20.8 Å². The Bertz CT molecular complexity index is 360. The van der Waals surface area contributed by atoms with Crippen LogP contribution in [0.3, 0.4) is 0 Å². The third-order valence-electron chi connectivity index (χ3n) is 2.42. The van der Waals surface area contributed by atoms with Crippen molar-refractivity contribution in [1.29, 1.82) is 0 Å². The number of primary sulfonamides is 1. The molecule has 18 heavy (non-hydrogen) atoms. The van der Waals surface area contributed by atoms with E-state index < -0.39 is 10.0 Å². The van der Waals surface area contributed by atoms with Crippen LogP contribution >= 0.6 is 0 Å². The van der Waals surface area contributed by atoms with E-state index in [-0.39, 0.29) is 29.5 Å². The van der Waals surface area contributed by atoms with Crippen molar-refractivity contribution < 1.29 is 13.2 Å². The van der Waals surface area contributed by atoms with Gasteiger partial charge >= 0.3 is 0 Å². The summed E-state index contributed by atoms with van der Waals surface area (Å²) in [6.45, 7) is 6.73. The van der Waals surface area contributed by atoms with E-state index >= 15 is 0 Å². The smallest absolute Gasteiger partial charge is 0.224 e. The first kappa shape index (κ1) is 17.3. The summed E-state index contributed by atoms with van der Waals surface area (Å²) in [6.07, 6.45) is 1.02. The van der Waals surface area contributed by atoms with Crippen molar-refractivity contribution in [2.45, 2.75) is 33.6 Å². The molecule has 1 unspecified atom stereocenters. The maximum Gasteiger partial charge on any atom is 0.224 e. The van der Waals surface area contributed by atoms with Crippen molar-refractivity contribution >= 4 is 15.9 Å². The van der Waals surface area contributed by atoms with Crippen LogP contribution in [0.2, 0.25) is 0 Å². The lowest BCUT2D eigenvalue weighted by Gasteiger charge is -2.24. The first-order chi connectivity index (χ1) is 8.05. The molecule has 108 valence electrons. The van der Waals surface area contributed by atoms with Gasteiger partial charge in [-0.15, -0.1) is 0 Å². The Morgan fingerprint density at radius 1 is 1.33 bits per heavy atom. The van der Waals surface area contributed by atoms with Crippen molar-refractivity contribution in [3.8, 4) is 0 Å². The van der Waals surface area contributed by atoms with E-state index in [1.54, 1.807) is 0 Å². The Morgan fingerprint density at radius 2 is 1.89 bits per heavy atom. The van der Waals surface area contributed by atoms with Gasteiger partial charge in [0.25, 0.3) is 0 Å². The zero-order chi connectivity index (χ0) is 14.4. The largest absolute Gasteiger partial charge is 0.356 e. The molecule has 0 fully saturated rings. The third-order valence-corrected chi connectivity index (χ3v) is 3.28. The van der Waals surface area contributed by atoms with Gasteiger partial charge in [0.15, 0.2) is 0 Å². The maximum atomic E-state index is 11.8. The average Bonchev–Trinajstić information content (AvgIpc) is 2.18. The minimum atomic E-state index is -3.45. The van der Waals surface area contributed by atoms with Crippen molar-refractivity contribution in [1.82, 2.24) is 5.32 Å². The molecule has 0 saturated heterocycles. The van der Waals surface area contributed by atoms with Gasteiger partial charge in [0.1, 0.15) is 0 Å². The van der Waals surface area contributed by atoms with Gasteiger partial charge in [-0.05, 0) is 18.3 Å². The molecule has 0 aliphatic rings. The van der Waals surface area contributed by atoms with Gasteiger partial charge in [-0.2, -0.15) is 0 Å². The van der Waals surface area contributed by atoms with Crippen LogP contribution < -0.4 is 16.2 Å². The van der Waals surface area contributed by atoms with Crippen LogP contribution in [-0.4, -0.2) is 33.2 Å². The monoisotopic (exact) mass is 279 g/mol. The molecule has 0 bridgehead atoms. The van der Waals surface area contributed by atoms with Gasteiger partial charge < -0.3 is 11.1 Å². The molecule has 1 atom stereocenters. The lowest BCUT2D eigenvalue weighted by Crippen LogP contribution is -2.38. The standard InChI is InChI=1S/C11H25N3O3S/c1-11(2,3)7-9(8-12)10(15)14-5-4-6-18(13,16)17/h9H,4-8,12H2,1-3H3,(H,14,15)(H2,13,16,17). The summed E-state index contributed by atoms with van der Waals surface area (Å²) in [5, 5.41) is 7.55. The lowest BCUT2D eigenvalue weighted by atomic mass is 9.84. The van der Waals surface area contributed by atoms with Crippen molar-refractivity contribution in [2.75, 3.05) is 18.8 Å². The van der Waals surface area contributed by atoms with E-state index in [4.69, 9.17) is 10.9 Å².